The number of hydrogen-bond donors (Lipinski definition) is 2. The molecule has 0 unspecified atom stereocenters. The number of thioether (sulfide) groups is 1. The highest BCUT2D eigenvalue weighted by atomic mass is 32.2. The monoisotopic (exact) mass is 287 g/mol. The number of nitrogens with one attached hydrogen (secondary N) is 2. The molecule has 20 heavy (non-hydrogen) atoms. The first-order valence-electron chi connectivity index (χ1n) is 6.41. The molecule has 0 aliphatic rings. The second-order valence-corrected chi connectivity index (χ2v) is 5.26. The lowest BCUT2D eigenvalue weighted by atomic mass is 10.3. The summed E-state index contributed by atoms with van der Waals surface area (Å²) in [5.74, 6) is 1.81. The number of pyridine rings is 1. The fourth-order valence-corrected chi connectivity index (χ4v) is 2.42. The SMILES string of the molecule is O=C(NCCSCc1ccncc1)Nc1ccccc1. The van der Waals surface area contributed by atoms with Crippen molar-refractivity contribution >= 4 is 23.5 Å². The third kappa shape index (κ3) is 5.32. The van der Waals surface area contributed by atoms with Crippen LogP contribution in [0.15, 0.2) is 54.9 Å². The lowest BCUT2D eigenvalue weighted by Gasteiger charge is -2.07. The average molecular weight is 287 g/mol. The molecule has 0 saturated carbocycles. The van der Waals surface area contributed by atoms with Gasteiger partial charge in [-0.15, -0.1) is 0 Å². The number of carbonyl (C=O) groups is 1. The predicted octanol–water partition coefficient (Wildman–Crippen LogP) is 3.14. The van der Waals surface area contributed by atoms with Gasteiger partial charge in [0, 0.05) is 36.1 Å². The Labute approximate surface area is 123 Å². The number of aromatic nitrogens is 1. The van der Waals surface area contributed by atoms with Crippen LogP contribution in [0, 0.1) is 0 Å². The Balaban J connectivity index is 1.58. The Morgan fingerprint density at radius 2 is 1.85 bits per heavy atom. The molecule has 104 valence electrons. The zero-order chi connectivity index (χ0) is 14.0. The fourth-order valence-electron chi connectivity index (χ4n) is 1.60. The summed E-state index contributed by atoms with van der Waals surface area (Å²) >= 11 is 1.78. The summed E-state index contributed by atoms with van der Waals surface area (Å²) in [6.07, 6.45) is 3.59. The van der Waals surface area contributed by atoms with Gasteiger partial charge < -0.3 is 10.6 Å². The highest BCUT2D eigenvalue weighted by molar-refractivity contribution is 7.98. The Morgan fingerprint density at radius 1 is 1.10 bits per heavy atom. The van der Waals surface area contributed by atoms with E-state index in [1.54, 1.807) is 24.2 Å². The molecular formula is C15H17N3OS. The van der Waals surface area contributed by atoms with Gasteiger partial charge in [0.05, 0.1) is 0 Å². The van der Waals surface area contributed by atoms with Crippen LogP contribution in [0.1, 0.15) is 5.56 Å². The number of urea groups is 1. The van der Waals surface area contributed by atoms with Gasteiger partial charge in [-0.3, -0.25) is 4.98 Å². The summed E-state index contributed by atoms with van der Waals surface area (Å²) in [6, 6.07) is 13.3. The van der Waals surface area contributed by atoms with E-state index in [0.717, 1.165) is 17.2 Å². The highest BCUT2D eigenvalue weighted by Gasteiger charge is 2.00. The average Bonchev–Trinajstić information content (AvgIpc) is 2.49. The van der Waals surface area contributed by atoms with Crippen LogP contribution in [0.25, 0.3) is 0 Å². The Morgan fingerprint density at radius 3 is 2.60 bits per heavy atom. The second-order valence-electron chi connectivity index (χ2n) is 4.15. The van der Waals surface area contributed by atoms with Crippen molar-refractivity contribution in [3.8, 4) is 0 Å². The minimum atomic E-state index is -0.166. The Kier molecular flexibility index (Phi) is 5.92. The van der Waals surface area contributed by atoms with Gasteiger partial charge in [0.2, 0.25) is 0 Å². The number of para-hydroxylation sites is 1. The minimum Gasteiger partial charge on any atom is -0.337 e. The Hall–Kier alpha value is -2.01. The molecule has 2 amide bonds. The van der Waals surface area contributed by atoms with Gasteiger partial charge in [0.15, 0.2) is 0 Å². The highest BCUT2D eigenvalue weighted by Crippen LogP contribution is 2.10. The van der Waals surface area contributed by atoms with Crippen LogP contribution in [0.5, 0.6) is 0 Å². The normalized spacial score (nSPS) is 10.0. The zero-order valence-corrected chi connectivity index (χ0v) is 11.9. The van der Waals surface area contributed by atoms with Crippen molar-refractivity contribution in [3.63, 3.8) is 0 Å². The van der Waals surface area contributed by atoms with Crippen LogP contribution in [-0.2, 0) is 5.75 Å². The van der Waals surface area contributed by atoms with Crippen LogP contribution in [0.2, 0.25) is 0 Å². The molecule has 1 aromatic carbocycles. The number of carbonyl (C=O) groups excluding carboxylic acids is 1. The third-order valence-electron chi connectivity index (χ3n) is 2.58. The van der Waals surface area contributed by atoms with Crippen molar-refractivity contribution in [2.45, 2.75) is 5.75 Å². The minimum absolute atomic E-state index is 0.166. The molecule has 1 aromatic heterocycles. The maximum atomic E-state index is 11.6. The summed E-state index contributed by atoms with van der Waals surface area (Å²) in [4.78, 5) is 15.6. The van der Waals surface area contributed by atoms with Crippen molar-refractivity contribution in [2.75, 3.05) is 17.6 Å². The molecule has 0 spiro atoms. The largest absolute Gasteiger partial charge is 0.337 e. The molecule has 5 heteroatoms. The van der Waals surface area contributed by atoms with E-state index in [1.165, 1.54) is 5.56 Å². The van der Waals surface area contributed by atoms with Gasteiger partial charge in [-0.05, 0) is 29.8 Å². The van der Waals surface area contributed by atoms with Crippen LogP contribution in [0.3, 0.4) is 0 Å². The first kappa shape index (κ1) is 14.4. The maximum Gasteiger partial charge on any atom is 0.319 e. The molecule has 0 aliphatic heterocycles. The van der Waals surface area contributed by atoms with E-state index in [0.29, 0.717) is 6.54 Å². The summed E-state index contributed by atoms with van der Waals surface area (Å²) in [6.45, 7) is 0.647. The molecule has 0 fully saturated rings. The molecule has 0 radical (unpaired) electrons. The smallest absolute Gasteiger partial charge is 0.319 e. The third-order valence-corrected chi connectivity index (χ3v) is 3.61. The maximum absolute atomic E-state index is 11.6. The van der Waals surface area contributed by atoms with Crippen molar-refractivity contribution in [1.82, 2.24) is 10.3 Å². The molecule has 2 rings (SSSR count). The molecule has 0 saturated heterocycles. The number of hydrogen-bond acceptors (Lipinski definition) is 3. The van der Waals surface area contributed by atoms with Gasteiger partial charge in [0.25, 0.3) is 0 Å². The van der Waals surface area contributed by atoms with Crippen LogP contribution >= 0.6 is 11.8 Å². The lowest BCUT2D eigenvalue weighted by Crippen LogP contribution is -2.30. The van der Waals surface area contributed by atoms with Gasteiger partial charge in [-0.2, -0.15) is 11.8 Å². The molecule has 2 N–H and O–H groups in total. The number of anilines is 1. The van der Waals surface area contributed by atoms with E-state index < -0.39 is 0 Å². The quantitative estimate of drug-likeness (QED) is 0.803. The number of rotatable bonds is 6. The van der Waals surface area contributed by atoms with E-state index in [1.807, 2.05) is 42.5 Å². The van der Waals surface area contributed by atoms with Crippen molar-refractivity contribution in [3.05, 3.63) is 60.4 Å². The molecule has 1 heterocycles. The predicted molar refractivity (Wildman–Crippen MR) is 83.9 cm³/mol. The fraction of sp³-hybridized carbons (Fsp3) is 0.200. The topological polar surface area (TPSA) is 54.0 Å². The van der Waals surface area contributed by atoms with E-state index in [9.17, 15) is 4.79 Å². The van der Waals surface area contributed by atoms with Crippen molar-refractivity contribution < 1.29 is 4.79 Å². The standard InChI is InChI=1S/C15H17N3OS/c19-15(18-14-4-2-1-3-5-14)17-10-11-20-12-13-6-8-16-9-7-13/h1-9H,10-12H2,(H2,17,18,19). The second kappa shape index (κ2) is 8.22. The van der Waals surface area contributed by atoms with Crippen LogP contribution in [-0.4, -0.2) is 23.3 Å². The lowest BCUT2D eigenvalue weighted by molar-refractivity contribution is 0.252. The van der Waals surface area contributed by atoms with Crippen molar-refractivity contribution in [2.24, 2.45) is 0 Å². The van der Waals surface area contributed by atoms with Crippen LogP contribution in [0.4, 0.5) is 10.5 Å². The van der Waals surface area contributed by atoms with Gasteiger partial charge in [-0.25, -0.2) is 4.79 Å². The van der Waals surface area contributed by atoms with Gasteiger partial charge >= 0.3 is 6.03 Å². The first-order valence-corrected chi connectivity index (χ1v) is 7.56. The number of amides is 2. The number of nitrogens with zero attached hydrogens (tertiary/aromatic N) is 1. The summed E-state index contributed by atoms with van der Waals surface area (Å²) in [5, 5.41) is 5.62. The van der Waals surface area contributed by atoms with E-state index in [2.05, 4.69) is 15.6 Å². The van der Waals surface area contributed by atoms with E-state index >= 15 is 0 Å². The van der Waals surface area contributed by atoms with E-state index in [4.69, 9.17) is 0 Å². The van der Waals surface area contributed by atoms with Gasteiger partial charge in [0.1, 0.15) is 0 Å². The van der Waals surface area contributed by atoms with Gasteiger partial charge in [-0.1, -0.05) is 18.2 Å². The zero-order valence-electron chi connectivity index (χ0n) is 11.1. The molecule has 0 aliphatic carbocycles. The first-order chi connectivity index (χ1) is 9.84. The molecule has 0 bridgehead atoms. The molecular weight excluding hydrogens is 270 g/mol. The van der Waals surface area contributed by atoms with E-state index in [-0.39, 0.29) is 6.03 Å². The Bertz CT molecular complexity index is 519. The molecule has 2 aromatic rings. The summed E-state index contributed by atoms with van der Waals surface area (Å²) in [7, 11) is 0. The van der Waals surface area contributed by atoms with Crippen molar-refractivity contribution in [1.29, 1.82) is 0 Å². The molecule has 0 atom stereocenters. The molecule has 4 nitrogen and oxygen atoms in total. The number of benzene rings is 1. The summed E-state index contributed by atoms with van der Waals surface area (Å²) < 4.78 is 0. The van der Waals surface area contributed by atoms with Crippen LogP contribution < -0.4 is 10.6 Å². The summed E-state index contributed by atoms with van der Waals surface area (Å²) in [5.41, 5.74) is 2.05.